The molecule has 0 bridgehead atoms. The van der Waals surface area contributed by atoms with Crippen LogP contribution in [0, 0.1) is 5.92 Å². The lowest BCUT2D eigenvalue weighted by atomic mass is 9.90. The number of piperidine rings is 1. The molecule has 1 aliphatic heterocycles. The predicted octanol–water partition coefficient (Wildman–Crippen LogP) is 2.89. The molecule has 2 atom stereocenters. The molecule has 1 saturated heterocycles. The van der Waals surface area contributed by atoms with E-state index in [9.17, 15) is 4.79 Å². The van der Waals surface area contributed by atoms with Crippen LogP contribution in [0.1, 0.15) is 59.8 Å². The number of hydrogen-bond acceptors (Lipinski definition) is 3. The first-order valence-electron chi connectivity index (χ1n) is 6.88. The summed E-state index contributed by atoms with van der Waals surface area (Å²) in [7, 11) is 0. The van der Waals surface area contributed by atoms with Crippen molar-refractivity contribution in [3.8, 4) is 0 Å². The normalized spacial score (nSPS) is 25.6. The molecule has 1 fully saturated rings. The van der Waals surface area contributed by atoms with Crippen molar-refractivity contribution in [1.29, 1.82) is 0 Å². The molecular weight excluding hydrogens is 214 g/mol. The quantitative estimate of drug-likeness (QED) is 0.769. The van der Waals surface area contributed by atoms with Crippen LogP contribution in [0.4, 0.5) is 0 Å². The van der Waals surface area contributed by atoms with E-state index in [1.54, 1.807) is 0 Å². The van der Waals surface area contributed by atoms with E-state index in [4.69, 9.17) is 4.74 Å². The molecule has 0 aromatic rings. The standard InChI is InChI=1S/C14H27NO2/c1-5-6-7-12-10-11(8-9-15-12)13(16)17-14(2,3)4/h11-12,15H,5-10H2,1-4H3. The molecule has 1 heterocycles. The zero-order valence-corrected chi connectivity index (χ0v) is 11.7. The van der Waals surface area contributed by atoms with Gasteiger partial charge in [-0.1, -0.05) is 19.8 Å². The summed E-state index contributed by atoms with van der Waals surface area (Å²) in [6.07, 6.45) is 5.48. The Morgan fingerprint density at radius 3 is 2.71 bits per heavy atom. The third-order valence-electron chi connectivity index (χ3n) is 3.14. The number of carbonyl (C=O) groups is 1. The number of esters is 1. The lowest BCUT2D eigenvalue weighted by Gasteiger charge is -2.31. The highest BCUT2D eigenvalue weighted by Gasteiger charge is 2.30. The van der Waals surface area contributed by atoms with Crippen LogP contribution in [-0.4, -0.2) is 24.2 Å². The number of nitrogens with one attached hydrogen (secondary N) is 1. The Morgan fingerprint density at radius 2 is 2.12 bits per heavy atom. The topological polar surface area (TPSA) is 38.3 Å². The van der Waals surface area contributed by atoms with Gasteiger partial charge >= 0.3 is 5.97 Å². The van der Waals surface area contributed by atoms with Gasteiger partial charge in [0.1, 0.15) is 5.60 Å². The minimum Gasteiger partial charge on any atom is -0.460 e. The summed E-state index contributed by atoms with van der Waals surface area (Å²) in [4.78, 5) is 12.0. The van der Waals surface area contributed by atoms with Gasteiger partial charge < -0.3 is 10.1 Å². The van der Waals surface area contributed by atoms with E-state index < -0.39 is 0 Å². The molecule has 1 aliphatic rings. The highest BCUT2D eigenvalue weighted by Crippen LogP contribution is 2.23. The van der Waals surface area contributed by atoms with Crippen molar-refractivity contribution in [2.45, 2.75) is 71.4 Å². The Bertz CT molecular complexity index is 245. The zero-order chi connectivity index (χ0) is 12.9. The Morgan fingerprint density at radius 1 is 1.41 bits per heavy atom. The molecule has 0 saturated carbocycles. The van der Waals surface area contributed by atoms with Crippen molar-refractivity contribution in [3.05, 3.63) is 0 Å². The molecule has 0 aromatic heterocycles. The lowest BCUT2D eigenvalue weighted by molar-refractivity contribution is -0.161. The Balaban J connectivity index is 2.40. The molecule has 0 aliphatic carbocycles. The summed E-state index contributed by atoms with van der Waals surface area (Å²) >= 11 is 0. The van der Waals surface area contributed by atoms with Crippen LogP contribution in [0.15, 0.2) is 0 Å². The molecule has 3 nitrogen and oxygen atoms in total. The zero-order valence-electron chi connectivity index (χ0n) is 11.7. The molecule has 0 spiro atoms. The number of carbonyl (C=O) groups excluding carboxylic acids is 1. The van der Waals surface area contributed by atoms with Crippen molar-refractivity contribution in [3.63, 3.8) is 0 Å². The van der Waals surface area contributed by atoms with Gasteiger partial charge in [0, 0.05) is 6.04 Å². The summed E-state index contributed by atoms with van der Waals surface area (Å²) in [5.41, 5.74) is -0.360. The van der Waals surface area contributed by atoms with Gasteiger partial charge in [-0.2, -0.15) is 0 Å². The van der Waals surface area contributed by atoms with Gasteiger partial charge in [0.05, 0.1) is 5.92 Å². The SMILES string of the molecule is CCCCC1CC(C(=O)OC(C)(C)C)CCN1. The summed E-state index contributed by atoms with van der Waals surface area (Å²) in [6, 6.07) is 0.501. The van der Waals surface area contributed by atoms with Crippen molar-refractivity contribution in [1.82, 2.24) is 5.32 Å². The average molecular weight is 241 g/mol. The average Bonchev–Trinajstić information content (AvgIpc) is 2.24. The highest BCUT2D eigenvalue weighted by atomic mass is 16.6. The summed E-state index contributed by atoms with van der Waals surface area (Å²) in [6.45, 7) is 8.94. The molecule has 1 rings (SSSR count). The van der Waals surface area contributed by atoms with Crippen LogP contribution in [-0.2, 0) is 9.53 Å². The van der Waals surface area contributed by atoms with Crippen molar-refractivity contribution >= 4 is 5.97 Å². The van der Waals surface area contributed by atoms with E-state index in [2.05, 4.69) is 12.2 Å². The van der Waals surface area contributed by atoms with E-state index in [0.29, 0.717) is 6.04 Å². The summed E-state index contributed by atoms with van der Waals surface area (Å²) in [5.74, 6) is 0.0813. The summed E-state index contributed by atoms with van der Waals surface area (Å²) < 4.78 is 5.46. The first kappa shape index (κ1) is 14.5. The molecule has 3 heteroatoms. The third-order valence-corrected chi connectivity index (χ3v) is 3.14. The molecule has 100 valence electrons. The molecule has 0 radical (unpaired) electrons. The van der Waals surface area contributed by atoms with Crippen LogP contribution in [0.3, 0.4) is 0 Å². The van der Waals surface area contributed by atoms with E-state index in [0.717, 1.165) is 19.4 Å². The molecule has 17 heavy (non-hydrogen) atoms. The third kappa shape index (κ3) is 5.53. The number of unbranched alkanes of at least 4 members (excludes halogenated alkanes) is 1. The fourth-order valence-electron chi connectivity index (χ4n) is 2.28. The minimum absolute atomic E-state index is 0.0134. The molecule has 1 N–H and O–H groups in total. The largest absolute Gasteiger partial charge is 0.460 e. The minimum atomic E-state index is -0.360. The fraction of sp³-hybridized carbons (Fsp3) is 0.929. The Hall–Kier alpha value is -0.570. The monoisotopic (exact) mass is 241 g/mol. The maximum atomic E-state index is 12.0. The van der Waals surface area contributed by atoms with E-state index in [-0.39, 0.29) is 17.5 Å². The molecule has 0 aromatic carbocycles. The predicted molar refractivity (Wildman–Crippen MR) is 69.9 cm³/mol. The molecule has 0 amide bonds. The van der Waals surface area contributed by atoms with E-state index in [1.165, 1.54) is 19.3 Å². The first-order chi connectivity index (χ1) is 7.92. The van der Waals surface area contributed by atoms with Gasteiger partial charge in [-0.25, -0.2) is 0 Å². The van der Waals surface area contributed by atoms with Gasteiger partial charge in [-0.3, -0.25) is 4.79 Å². The number of ether oxygens (including phenoxy) is 1. The maximum Gasteiger partial charge on any atom is 0.309 e. The lowest BCUT2D eigenvalue weighted by Crippen LogP contribution is -2.42. The molecular formula is C14H27NO2. The van der Waals surface area contributed by atoms with Crippen LogP contribution in [0.25, 0.3) is 0 Å². The van der Waals surface area contributed by atoms with Crippen LogP contribution in [0.2, 0.25) is 0 Å². The van der Waals surface area contributed by atoms with E-state index >= 15 is 0 Å². The van der Waals surface area contributed by atoms with Crippen molar-refractivity contribution in [2.24, 2.45) is 5.92 Å². The first-order valence-corrected chi connectivity index (χ1v) is 6.88. The fourth-order valence-corrected chi connectivity index (χ4v) is 2.28. The summed E-state index contributed by atoms with van der Waals surface area (Å²) in [5, 5.41) is 3.49. The van der Waals surface area contributed by atoms with Gasteiger partial charge in [0.15, 0.2) is 0 Å². The number of hydrogen-bond donors (Lipinski definition) is 1. The maximum absolute atomic E-state index is 12.0. The van der Waals surface area contributed by atoms with Gasteiger partial charge in [0.25, 0.3) is 0 Å². The highest BCUT2D eigenvalue weighted by molar-refractivity contribution is 5.73. The van der Waals surface area contributed by atoms with Crippen LogP contribution in [0.5, 0.6) is 0 Å². The van der Waals surface area contributed by atoms with E-state index in [1.807, 2.05) is 20.8 Å². The van der Waals surface area contributed by atoms with Crippen LogP contribution < -0.4 is 5.32 Å². The van der Waals surface area contributed by atoms with Crippen LogP contribution >= 0.6 is 0 Å². The second-order valence-electron chi connectivity index (χ2n) is 6.05. The van der Waals surface area contributed by atoms with Gasteiger partial charge in [0.2, 0.25) is 0 Å². The second kappa shape index (κ2) is 6.39. The van der Waals surface area contributed by atoms with Gasteiger partial charge in [-0.05, 0) is 46.6 Å². The smallest absolute Gasteiger partial charge is 0.309 e. The molecule has 2 unspecified atom stereocenters. The Kier molecular flexibility index (Phi) is 5.44. The van der Waals surface area contributed by atoms with Gasteiger partial charge in [-0.15, -0.1) is 0 Å². The number of rotatable bonds is 4. The second-order valence-corrected chi connectivity index (χ2v) is 6.05. The van der Waals surface area contributed by atoms with Crippen molar-refractivity contribution in [2.75, 3.05) is 6.54 Å². The Labute approximate surface area is 105 Å². The van der Waals surface area contributed by atoms with Crippen molar-refractivity contribution < 1.29 is 9.53 Å².